The van der Waals surface area contributed by atoms with E-state index in [1.165, 1.54) is 5.56 Å². The van der Waals surface area contributed by atoms with Gasteiger partial charge in [-0.05, 0) is 37.7 Å². The number of guanidine groups is 1. The Bertz CT molecular complexity index is 559. The van der Waals surface area contributed by atoms with Crippen LogP contribution in [0.4, 0.5) is 0 Å². The van der Waals surface area contributed by atoms with Gasteiger partial charge in [-0.1, -0.05) is 37.3 Å². The number of benzene rings is 1. The normalized spacial score (nSPS) is 19.4. The van der Waals surface area contributed by atoms with Crippen molar-refractivity contribution in [2.75, 3.05) is 33.3 Å². The molecule has 0 aliphatic carbocycles. The first-order valence-corrected chi connectivity index (χ1v) is 9.32. The van der Waals surface area contributed by atoms with Gasteiger partial charge in [-0.3, -0.25) is 9.79 Å². The summed E-state index contributed by atoms with van der Waals surface area (Å²) < 4.78 is 5.18. The number of aliphatic imine (C=N–C) groups is 1. The van der Waals surface area contributed by atoms with E-state index >= 15 is 0 Å². The number of ether oxygens (including phenoxy) is 1. The first kappa shape index (κ1) is 19.3. The first-order valence-electron chi connectivity index (χ1n) is 9.32. The molecule has 5 heteroatoms. The quantitative estimate of drug-likeness (QED) is 0.489. The molecule has 0 amide bonds. The zero-order valence-electron chi connectivity index (χ0n) is 15.7. The lowest BCUT2D eigenvalue weighted by Gasteiger charge is -2.34. The number of piperidine rings is 1. The Morgan fingerprint density at radius 2 is 2.16 bits per heavy atom. The number of rotatable bonds is 6. The third-order valence-corrected chi connectivity index (χ3v) is 4.78. The van der Waals surface area contributed by atoms with E-state index < -0.39 is 0 Å². The number of hydrogen-bond donors (Lipinski definition) is 1. The van der Waals surface area contributed by atoms with E-state index in [2.05, 4.69) is 46.4 Å². The number of hydrogen-bond acceptors (Lipinski definition) is 3. The number of nitrogens with zero attached hydrogens (tertiary/aromatic N) is 2. The van der Waals surface area contributed by atoms with Crippen LogP contribution in [0.25, 0.3) is 0 Å². The fourth-order valence-corrected chi connectivity index (χ4v) is 3.30. The Kier molecular flexibility index (Phi) is 7.76. The molecule has 1 N–H and O–H groups in total. The highest BCUT2D eigenvalue weighted by Crippen LogP contribution is 2.19. The summed E-state index contributed by atoms with van der Waals surface area (Å²) in [5, 5.41) is 3.46. The van der Waals surface area contributed by atoms with Gasteiger partial charge in [0.15, 0.2) is 5.96 Å². The Balaban J connectivity index is 1.82. The lowest BCUT2D eigenvalue weighted by Crippen LogP contribution is -2.48. The summed E-state index contributed by atoms with van der Waals surface area (Å²) in [6.07, 6.45) is 2.93. The van der Waals surface area contributed by atoms with E-state index in [4.69, 9.17) is 4.74 Å². The summed E-state index contributed by atoms with van der Waals surface area (Å²) in [7, 11) is 1.80. The fourth-order valence-electron chi connectivity index (χ4n) is 3.30. The zero-order chi connectivity index (χ0) is 18.1. The summed E-state index contributed by atoms with van der Waals surface area (Å²) >= 11 is 0. The molecule has 1 aliphatic rings. The summed E-state index contributed by atoms with van der Waals surface area (Å²) in [5.74, 6) is 1.26. The van der Waals surface area contributed by atoms with E-state index in [1.807, 2.05) is 13.0 Å². The van der Waals surface area contributed by atoms with Crippen molar-refractivity contribution >= 4 is 11.9 Å². The Morgan fingerprint density at radius 1 is 1.40 bits per heavy atom. The number of esters is 1. The first-order chi connectivity index (χ1) is 12.2. The summed E-state index contributed by atoms with van der Waals surface area (Å²) in [4.78, 5) is 18.6. The highest BCUT2D eigenvalue weighted by atomic mass is 16.5. The van der Waals surface area contributed by atoms with Crippen LogP contribution in [0.15, 0.2) is 35.3 Å². The Hall–Kier alpha value is -2.04. The molecule has 1 aliphatic heterocycles. The average molecular weight is 345 g/mol. The molecule has 0 saturated carbocycles. The van der Waals surface area contributed by atoms with Crippen molar-refractivity contribution in [2.24, 2.45) is 10.9 Å². The van der Waals surface area contributed by atoms with Crippen LogP contribution in [0.2, 0.25) is 0 Å². The SMILES string of the molecule is CCOC(=O)C1CCCN(C(=NC)NCCC(C)c2ccccc2)C1. The molecule has 1 fully saturated rings. The molecule has 1 aromatic carbocycles. The predicted molar refractivity (Wildman–Crippen MR) is 102 cm³/mol. The molecular weight excluding hydrogens is 314 g/mol. The van der Waals surface area contributed by atoms with Gasteiger partial charge >= 0.3 is 5.97 Å². The Labute approximate surface area is 151 Å². The molecule has 1 aromatic rings. The molecular formula is C20H31N3O2. The lowest BCUT2D eigenvalue weighted by molar-refractivity contribution is -0.149. The highest BCUT2D eigenvalue weighted by Gasteiger charge is 2.28. The van der Waals surface area contributed by atoms with E-state index in [0.29, 0.717) is 19.1 Å². The molecule has 1 heterocycles. The smallest absolute Gasteiger partial charge is 0.310 e. The molecule has 5 nitrogen and oxygen atoms in total. The van der Waals surface area contributed by atoms with Gasteiger partial charge in [0.1, 0.15) is 0 Å². The molecule has 0 bridgehead atoms. The molecule has 2 unspecified atom stereocenters. The van der Waals surface area contributed by atoms with Gasteiger partial charge in [-0.15, -0.1) is 0 Å². The molecule has 0 aromatic heterocycles. The second-order valence-electron chi connectivity index (χ2n) is 6.61. The van der Waals surface area contributed by atoms with Crippen LogP contribution in [-0.2, 0) is 9.53 Å². The molecule has 25 heavy (non-hydrogen) atoms. The monoisotopic (exact) mass is 345 g/mol. The van der Waals surface area contributed by atoms with Crippen LogP contribution in [0.5, 0.6) is 0 Å². The minimum absolute atomic E-state index is 0.0458. The zero-order valence-corrected chi connectivity index (χ0v) is 15.7. The molecule has 0 radical (unpaired) electrons. The lowest BCUT2D eigenvalue weighted by atomic mass is 9.98. The summed E-state index contributed by atoms with van der Waals surface area (Å²) in [5.41, 5.74) is 1.36. The van der Waals surface area contributed by atoms with Gasteiger partial charge in [-0.25, -0.2) is 0 Å². The van der Waals surface area contributed by atoms with Crippen molar-refractivity contribution in [3.63, 3.8) is 0 Å². The van der Waals surface area contributed by atoms with E-state index in [9.17, 15) is 4.79 Å². The van der Waals surface area contributed by atoms with Gasteiger partial charge < -0.3 is 15.0 Å². The topological polar surface area (TPSA) is 53.9 Å². The van der Waals surface area contributed by atoms with Gasteiger partial charge in [0.05, 0.1) is 12.5 Å². The summed E-state index contributed by atoms with van der Waals surface area (Å²) in [6.45, 7) is 7.03. The predicted octanol–water partition coefficient (Wildman–Crippen LogP) is 3.03. The van der Waals surface area contributed by atoms with Crippen LogP contribution >= 0.6 is 0 Å². The van der Waals surface area contributed by atoms with Crippen molar-refractivity contribution in [3.05, 3.63) is 35.9 Å². The van der Waals surface area contributed by atoms with E-state index in [0.717, 1.165) is 38.3 Å². The maximum atomic E-state index is 12.0. The van der Waals surface area contributed by atoms with Crippen molar-refractivity contribution in [1.29, 1.82) is 0 Å². The molecule has 138 valence electrons. The minimum atomic E-state index is -0.0830. The van der Waals surface area contributed by atoms with Crippen molar-refractivity contribution in [1.82, 2.24) is 10.2 Å². The minimum Gasteiger partial charge on any atom is -0.466 e. The van der Waals surface area contributed by atoms with Gasteiger partial charge in [0.2, 0.25) is 0 Å². The van der Waals surface area contributed by atoms with Gasteiger partial charge in [-0.2, -0.15) is 0 Å². The van der Waals surface area contributed by atoms with Crippen LogP contribution in [-0.4, -0.2) is 50.1 Å². The summed E-state index contributed by atoms with van der Waals surface area (Å²) in [6, 6.07) is 10.6. The van der Waals surface area contributed by atoms with Gasteiger partial charge in [0.25, 0.3) is 0 Å². The number of carbonyl (C=O) groups excluding carboxylic acids is 1. The van der Waals surface area contributed by atoms with Crippen molar-refractivity contribution in [3.8, 4) is 0 Å². The highest BCUT2D eigenvalue weighted by molar-refractivity contribution is 5.81. The van der Waals surface area contributed by atoms with Crippen LogP contribution in [0.1, 0.15) is 44.6 Å². The maximum absolute atomic E-state index is 12.0. The second kappa shape index (κ2) is 10.1. The third kappa shape index (κ3) is 5.76. The molecule has 2 atom stereocenters. The molecule has 2 rings (SSSR count). The van der Waals surface area contributed by atoms with Gasteiger partial charge in [0, 0.05) is 26.7 Å². The van der Waals surface area contributed by atoms with Crippen molar-refractivity contribution in [2.45, 2.75) is 39.0 Å². The fraction of sp³-hybridized carbons (Fsp3) is 0.600. The molecule has 1 saturated heterocycles. The second-order valence-corrected chi connectivity index (χ2v) is 6.61. The molecule has 0 spiro atoms. The van der Waals surface area contributed by atoms with Crippen molar-refractivity contribution < 1.29 is 9.53 Å². The average Bonchev–Trinajstić information content (AvgIpc) is 2.66. The van der Waals surface area contributed by atoms with E-state index in [-0.39, 0.29) is 11.9 Å². The largest absolute Gasteiger partial charge is 0.466 e. The van der Waals surface area contributed by atoms with Crippen LogP contribution in [0.3, 0.4) is 0 Å². The third-order valence-electron chi connectivity index (χ3n) is 4.78. The van der Waals surface area contributed by atoms with E-state index in [1.54, 1.807) is 7.05 Å². The van der Waals surface area contributed by atoms with Crippen LogP contribution < -0.4 is 5.32 Å². The number of likely N-dealkylation sites (tertiary alicyclic amines) is 1. The maximum Gasteiger partial charge on any atom is 0.310 e. The standard InChI is InChI=1S/C20H31N3O2/c1-4-25-19(24)18-11-8-14-23(15-18)20(21-3)22-13-12-16(2)17-9-6-5-7-10-17/h5-7,9-10,16,18H,4,8,11-15H2,1-3H3,(H,21,22). The Morgan fingerprint density at radius 3 is 2.84 bits per heavy atom. The number of nitrogens with one attached hydrogen (secondary N) is 1. The van der Waals surface area contributed by atoms with Crippen LogP contribution in [0, 0.1) is 5.92 Å². The number of carbonyl (C=O) groups is 1.